The number of methoxy groups -OCH3 is 5. The number of hydrogen-bond donors (Lipinski definition) is 0. The Bertz CT molecular complexity index is 1900. The molecule has 11 heteroatoms. The molecule has 1 atom stereocenters. The van der Waals surface area contributed by atoms with E-state index in [1.54, 1.807) is 24.3 Å². The van der Waals surface area contributed by atoms with Gasteiger partial charge in [0.25, 0.3) is 0 Å². The zero-order valence-corrected chi connectivity index (χ0v) is 31.9. The van der Waals surface area contributed by atoms with Gasteiger partial charge in [-0.15, -0.1) is 6.58 Å². The molecule has 0 saturated heterocycles. The number of esters is 4. The Morgan fingerprint density at radius 1 is 0.571 bits per heavy atom. The van der Waals surface area contributed by atoms with E-state index in [9.17, 15) is 24.0 Å². The summed E-state index contributed by atoms with van der Waals surface area (Å²) in [5.74, 6) is 11.9. The van der Waals surface area contributed by atoms with Gasteiger partial charge in [0.05, 0.1) is 41.5 Å². The first-order valence-corrected chi connectivity index (χ1v) is 16.8. The molecule has 290 valence electrons. The van der Waals surface area contributed by atoms with Crippen LogP contribution in [0.3, 0.4) is 0 Å². The lowest BCUT2D eigenvalue weighted by molar-refractivity contribution is -0.161. The van der Waals surface area contributed by atoms with Gasteiger partial charge in [0, 0.05) is 16.7 Å². The van der Waals surface area contributed by atoms with Crippen LogP contribution in [0.25, 0.3) is 0 Å². The molecule has 3 aromatic rings. The molecule has 0 amide bonds. The van der Waals surface area contributed by atoms with E-state index in [4.69, 9.17) is 0 Å². The van der Waals surface area contributed by atoms with E-state index in [1.165, 1.54) is 41.6 Å². The van der Waals surface area contributed by atoms with Crippen LogP contribution in [0.1, 0.15) is 23.1 Å². The second-order valence-electron chi connectivity index (χ2n) is 10.6. The van der Waals surface area contributed by atoms with E-state index < -0.39 is 47.8 Å². The first-order chi connectivity index (χ1) is 27.1. The van der Waals surface area contributed by atoms with Crippen LogP contribution in [0.15, 0.2) is 128 Å². The smallest absolute Gasteiger partial charge is 0.468 e. The van der Waals surface area contributed by atoms with Gasteiger partial charge in [-0.2, -0.15) is 0 Å². The van der Waals surface area contributed by atoms with Crippen molar-refractivity contribution in [2.24, 2.45) is 17.8 Å². The zero-order chi connectivity index (χ0) is 41.4. The molecule has 56 heavy (non-hydrogen) atoms. The van der Waals surface area contributed by atoms with Crippen LogP contribution in [0, 0.1) is 53.3 Å². The molecule has 3 rings (SSSR count). The minimum atomic E-state index is -1.13. The maximum absolute atomic E-state index is 11.7. The van der Waals surface area contributed by atoms with Gasteiger partial charge in [-0.1, -0.05) is 102 Å². The average Bonchev–Trinajstić information content (AvgIpc) is 3.25. The van der Waals surface area contributed by atoms with Gasteiger partial charge in [0.1, 0.15) is 6.61 Å². The maximum Gasteiger partial charge on any atom is 0.508 e. The van der Waals surface area contributed by atoms with Crippen LogP contribution in [0.2, 0.25) is 0 Å². The fourth-order valence-electron chi connectivity index (χ4n) is 4.02. The van der Waals surface area contributed by atoms with E-state index in [0.717, 1.165) is 16.7 Å². The monoisotopic (exact) mass is 760 g/mol. The van der Waals surface area contributed by atoms with Gasteiger partial charge in [-0.05, 0) is 61.0 Å². The van der Waals surface area contributed by atoms with Gasteiger partial charge in [0.15, 0.2) is 11.8 Å². The lowest BCUT2D eigenvalue weighted by atomic mass is 9.92. The van der Waals surface area contributed by atoms with Crippen molar-refractivity contribution in [1.82, 2.24) is 0 Å². The molecule has 1 unspecified atom stereocenters. The molecule has 0 aliphatic rings. The van der Waals surface area contributed by atoms with Crippen molar-refractivity contribution in [3.05, 3.63) is 145 Å². The minimum Gasteiger partial charge on any atom is -0.468 e. The lowest BCUT2D eigenvalue weighted by Gasteiger charge is -2.15. The summed E-state index contributed by atoms with van der Waals surface area (Å²) in [5, 5.41) is 0. The fourth-order valence-corrected chi connectivity index (χ4v) is 4.02. The third-order valence-electron chi connectivity index (χ3n) is 6.87. The van der Waals surface area contributed by atoms with Crippen molar-refractivity contribution < 1.29 is 52.4 Å². The van der Waals surface area contributed by atoms with Crippen LogP contribution >= 0.6 is 0 Å². The Hall–Kier alpha value is -7.29. The Balaban J connectivity index is 0.000000423. The van der Waals surface area contributed by atoms with E-state index in [-0.39, 0.29) is 13.0 Å². The number of allylic oxidation sites excluding steroid dienone is 4. The summed E-state index contributed by atoms with van der Waals surface area (Å²) >= 11 is 0. The summed E-state index contributed by atoms with van der Waals surface area (Å²) < 4.78 is 27.3. The van der Waals surface area contributed by atoms with Gasteiger partial charge < -0.3 is 28.4 Å². The summed E-state index contributed by atoms with van der Waals surface area (Å²) in [5.41, 5.74) is 2.63. The topological polar surface area (TPSA) is 141 Å². The van der Waals surface area contributed by atoms with Crippen LogP contribution in [0.5, 0.6) is 0 Å². The van der Waals surface area contributed by atoms with Crippen LogP contribution < -0.4 is 0 Å². The maximum atomic E-state index is 11.7. The van der Waals surface area contributed by atoms with Gasteiger partial charge >= 0.3 is 30.0 Å². The van der Waals surface area contributed by atoms with Crippen molar-refractivity contribution in [1.29, 1.82) is 0 Å². The predicted molar refractivity (Wildman–Crippen MR) is 210 cm³/mol. The first-order valence-electron chi connectivity index (χ1n) is 16.8. The molecule has 0 radical (unpaired) electrons. The Kier molecular flexibility index (Phi) is 24.4. The van der Waals surface area contributed by atoms with Crippen molar-refractivity contribution in [2.75, 3.05) is 42.2 Å². The lowest BCUT2D eigenvalue weighted by Crippen LogP contribution is -2.32. The summed E-state index contributed by atoms with van der Waals surface area (Å²) in [7, 11) is 6.15. The molecule has 0 aliphatic heterocycles. The molecular formula is C45H44O11. The van der Waals surface area contributed by atoms with Crippen LogP contribution in [-0.4, -0.2) is 72.2 Å². The molecule has 0 saturated carbocycles. The number of hydrogen-bond acceptors (Lipinski definition) is 11. The molecule has 0 bridgehead atoms. The quantitative estimate of drug-likeness (QED) is 0.0776. The highest BCUT2D eigenvalue weighted by atomic mass is 16.7. The number of rotatable bonds is 10. The Morgan fingerprint density at radius 3 is 1.38 bits per heavy atom. The van der Waals surface area contributed by atoms with Crippen molar-refractivity contribution in [3.63, 3.8) is 0 Å². The largest absolute Gasteiger partial charge is 0.508 e. The van der Waals surface area contributed by atoms with E-state index in [0.29, 0.717) is 0 Å². The second-order valence-corrected chi connectivity index (χ2v) is 10.6. The molecule has 0 aromatic heterocycles. The van der Waals surface area contributed by atoms with Crippen LogP contribution in [-0.2, 0) is 47.6 Å². The van der Waals surface area contributed by atoms with Crippen molar-refractivity contribution in [2.45, 2.75) is 6.42 Å². The SMILES string of the molecule is C=CC(C#Cc1ccccc1)C(C(=O)OC)C(=O)OC.COC(=O)C(C/C=C/C#Cc1ccccc1)C(=O)OC.COC(=O)OC/C=C/C#Cc1ccccc1. The highest BCUT2D eigenvalue weighted by Gasteiger charge is 2.34. The van der Waals surface area contributed by atoms with Crippen LogP contribution in [0.4, 0.5) is 4.79 Å². The van der Waals surface area contributed by atoms with Gasteiger partial charge in [0.2, 0.25) is 0 Å². The normalized spacial score (nSPS) is 10.1. The third-order valence-corrected chi connectivity index (χ3v) is 6.87. The molecule has 11 nitrogen and oxygen atoms in total. The average molecular weight is 761 g/mol. The highest BCUT2D eigenvalue weighted by molar-refractivity contribution is 5.96. The van der Waals surface area contributed by atoms with Crippen molar-refractivity contribution >= 4 is 30.0 Å². The number of carbonyl (C=O) groups is 5. The predicted octanol–water partition coefficient (Wildman–Crippen LogP) is 6.13. The number of carbonyl (C=O) groups excluding carboxylic acids is 5. The van der Waals surface area contributed by atoms with E-state index in [1.807, 2.05) is 91.0 Å². The van der Waals surface area contributed by atoms with Gasteiger partial charge in [-0.25, -0.2) is 4.79 Å². The summed E-state index contributed by atoms with van der Waals surface area (Å²) in [6, 6.07) is 28.4. The molecule has 0 aliphatic carbocycles. The Morgan fingerprint density at radius 2 is 0.982 bits per heavy atom. The molecular weight excluding hydrogens is 716 g/mol. The van der Waals surface area contributed by atoms with Crippen molar-refractivity contribution in [3.8, 4) is 35.5 Å². The summed E-state index contributed by atoms with van der Waals surface area (Å²) in [6.45, 7) is 3.77. The van der Waals surface area contributed by atoms with E-state index in [2.05, 4.69) is 70.5 Å². The Labute approximate surface area is 328 Å². The minimum absolute atomic E-state index is 0.163. The summed E-state index contributed by atoms with van der Waals surface area (Å²) in [4.78, 5) is 56.7. The van der Waals surface area contributed by atoms with Gasteiger partial charge in [-0.3, -0.25) is 19.2 Å². The third kappa shape index (κ3) is 19.5. The number of ether oxygens (including phenoxy) is 6. The van der Waals surface area contributed by atoms with E-state index >= 15 is 0 Å². The standard InChI is InChI=1S/2C16H16O4.C13H12O3/c1-19-15(17)14(16(18)20-2)12-8-4-7-11-13-9-5-3-6-10-13;1-4-13(11-10-12-8-6-5-7-9-12)14(15(17)19-2)16(18)20-3;1-15-13(14)16-11-7-3-6-10-12-8-4-2-5-9-12/h3-6,8-10,14H,12H2,1-2H3;4-9,13-14H,1H2,2-3H3;2-5,7-9H,11H2,1H3/b8-4+;;7-3+. The molecule has 0 heterocycles. The molecule has 0 fully saturated rings. The number of benzene rings is 3. The zero-order valence-electron chi connectivity index (χ0n) is 31.9. The summed E-state index contributed by atoms with van der Waals surface area (Å²) in [6.07, 6.45) is 7.47. The first kappa shape index (κ1) is 46.7. The molecule has 0 N–H and O–H groups in total. The highest BCUT2D eigenvalue weighted by Crippen LogP contribution is 2.17. The molecule has 0 spiro atoms. The fraction of sp³-hybridized carbons (Fsp3) is 0.222. The second kappa shape index (κ2) is 29.2. The molecule has 3 aromatic carbocycles.